The summed E-state index contributed by atoms with van der Waals surface area (Å²) in [5, 5.41) is 0. The Kier molecular flexibility index (Phi) is 4.07. The maximum atomic E-state index is 2.27. The van der Waals surface area contributed by atoms with Crippen molar-refractivity contribution in [2.75, 3.05) is 0 Å². The van der Waals surface area contributed by atoms with E-state index in [2.05, 4.69) is 43.9 Å². The first-order chi connectivity index (χ1) is 6.27. The maximum Gasteiger partial charge on any atom is 0.0106 e. The number of aromatic nitrogens is 1. The highest BCUT2D eigenvalue weighted by Gasteiger charge is 2.09. The van der Waals surface area contributed by atoms with E-state index >= 15 is 0 Å². The van der Waals surface area contributed by atoms with Gasteiger partial charge in [0.25, 0.3) is 0 Å². The largest absolute Gasteiger partial charge is 0.357 e. The van der Waals surface area contributed by atoms with E-state index in [4.69, 9.17) is 0 Å². The molecule has 1 aromatic heterocycles. The lowest BCUT2D eigenvalue weighted by molar-refractivity contribution is 0.560. The summed E-state index contributed by atoms with van der Waals surface area (Å²) in [6.45, 7) is 4.54. The van der Waals surface area contributed by atoms with Crippen molar-refractivity contribution in [2.45, 2.75) is 45.4 Å². The summed E-state index contributed by atoms with van der Waals surface area (Å²) >= 11 is 0. The van der Waals surface area contributed by atoms with Gasteiger partial charge in [0, 0.05) is 19.4 Å². The number of hydrogen-bond acceptors (Lipinski definition) is 0. The molecule has 0 atom stereocenters. The molecular weight excluding hydrogens is 158 g/mol. The van der Waals surface area contributed by atoms with E-state index in [1.54, 1.807) is 0 Å². The lowest BCUT2D eigenvalue weighted by Crippen LogP contribution is -1.96. The molecule has 0 aromatic carbocycles. The van der Waals surface area contributed by atoms with Crippen molar-refractivity contribution >= 4 is 0 Å². The highest BCUT2D eigenvalue weighted by atomic mass is 14.9. The second-order valence-corrected chi connectivity index (χ2v) is 3.88. The fraction of sp³-hybridized carbons (Fsp3) is 0.667. The first-order valence-electron chi connectivity index (χ1n) is 5.39. The van der Waals surface area contributed by atoms with Gasteiger partial charge in [-0.15, -0.1) is 0 Å². The zero-order chi connectivity index (χ0) is 9.68. The fourth-order valence-corrected chi connectivity index (χ4v) is 1.94. The van der Waals surface area contributed by atoms with E-state index in [-0.39, 0.29) is 0 Å². The van der Waals surface area contributed by atoms with Crippen LogP contribution in [0.4, 0.5) is 0 Å². The van der Waals surface area contributed by atoms with Gasteiger partial charge in [0.2, 0.25) is 0 Å². The molecule has 0 aliphatic heterocycles. The maximum absolute atomic E-state index is 2.27. The van der Waals surface area contributed by atoms with Crippen LogP contribution in [0, 0.1) is 0 Å². The molecule has 1 aromatic rings. The molecule has 0 aliphatic carbocycles. The molecule has 0 spiro atoms. The lowest BCUT2D eigenvalue weighted by atomic mass is 9.92. The van der Waals surface area contributed by atoms with Gasteiger partial charge in [-0.1, -0.05) is 26.7 Å². The molecule has 1 rings (SSSR count). The Balaban J connectivity index is 2.63. The van der Waals surface area contributed by atoms with Gasteiger partial charge in [0.05, 0.1) is 0 Å². The van der Waals surface area contributed by atoms with Gasteiger partial charge >= 0.3 is 0 Å². The molecule has 0 radical (unpaired) electrons. The highest BCUT2D eigenvalue weighted by molar-refractivity contribution is 5.15. The third-order valence-electron chi connectivity index (χ3n) is 2.60. The van der Waals surface area contributed by atoms with Crippen LogP contribution in [0.2, 0.25) is 0 Å². The fourth-order valence-electron chi connectivity index (χ4n) is 1.94. The summed E-state index contributed by atoms with van der Waals surface area (Å²) in [5.74, 6) is 0.788. The second-order valence-electron chi connectivity index (χ2n) is 3.88. The predicted molar refractivity (Wildman–Crippen MR) is 58.0 cm³/mol. The van der Waals surface area contributed by atoms with Crippen molar-refractivity contribution in [3.05, 3.63) is 24.0 Å². The Bertz CT molecular complexity index is 231. The third kappa shape index (κ3) is 2.91. The van der Waals surface area contributed by atoms with E-state index in [1.807, 2.05) is 0 Å². The molecule has 0 aliphatic rings. The van der Waals surface area contributed by atoms with Crippen LogP contribution in [0.3, 0.4) is 0 Å². The third-order valence-corrected chi connectivity index (χ3v) is 2.60. The number of aryl methyl sites for hydroxylation is 1. The van der Waals surface area contributed by atoms with Gasteiger partial charge in [-0.2, -0.15) is 0 Å². The molecule has 0 amide bonds. The molecule has 1 nitrogen and oxygen atoms in total. The number of nitrogens with zero attached hydrogens (tertiary/aromatic N) is 1. The van der Waals surface area contributed by atoms with Crippen molar-refractivity contribution < 1.29 is 0 Å². The molecule has 0 unspecified atom stereocenters. The van der Waals surface area contributed by atoms with Crippen LogP contribution in [0.1, 0.15) is 51.0 Å². The zero-order valence-corrected chi connectivity index (χ0v) is 9.09. The van der Waals surface area contributed by atoms with Crippen molar-refractivity contribution in [1.29, 1.82) is 0 Å². The zero-order valence-electron chi connectivity index (χ0n) is 9.09. The van der Waals surface area contributed by atoms with Gasteiger partial charge in [-0.3, -0.25) is 0 Å². The minimum atomic E-state index is 0.788. The minimum Gasteiger partial charge on any atom is -0.357 e. The molecule has 74 valence electrons. The van der Waals surface area contributed by atoms with Gasteiger partial charge in [-0.05, 0) is 30.4 Å². The van der Waals surface area contributed by atoms with Crippen LogP contribution in [-0.4, -0.2) is 4.57 Å². The molecule has 0 saturated carbocycles. The SMILES string of the molecule is CCCC(CCC)c1ccn(C)c1. The Labute approximate surface area is 81.8 Å². The molecule has 0 N–H and O–H groups in total. The smallest absolute Gasteiger partial charge is 0.0106 e. The van der Waals surface area contributed by atoms with Crippen LogP contribution >= 0.6 is 0 Å². The van der Waals surface area contributed by atoms with E-state index in [9.17, 15) is 0 Å². The average molecular weight is 179 g/mol. The molecule has 0 saturated heterocycles. The van der Waals surface area contributed by atoms with Crippen LogP contribution in [0.5, 0.6) is 0 Å². The number of rotatable bonds is 5. The monoisotopic (exact) mass is 179 g/mol. The van der Waals surface area contributed by atoms with Crippen LogP contribution in [0.15, 0.2) is 18.5 Å². The van der Waals surface area contributed by atoms with E-state index < -0.39 is 0 Å². The van der Waals surface area contributed by atoms with Crippen molar-refractivity contribution in [3.63, 3.8) is 0 Å². The Morgan fingerprint density at radius 2 is 1.85 bits per heavy atom. The summed E-state index contributed by atoms with van der Waals surface area (Å²) in [4.78, 5) is 0. The highest BCUT2D eigenvalue weighted by Crippen LogP contribution is 2.26. The Hall–Kier alpha value is -0.720. The van der Waals surface area contributed by atoms with Crippen molar-refractivity contribution in [2.24, 2.45) is 7.05 Å². The topological polar surface area (TPSA) is 4.93 Å². The van der Waals surface area contributed by atoms with E-state index in [0.29, 0.717) is 0 Å². The van der Waals surface area contributed by atoms with Gasteiger partial charge in [0.1, 0.15) is 0 Å². The van der Waals surface area contributed by atoms with E-state index in [1.165, 1.54) is 31.2 Å². The summed E-state index contributed by atoms with van der Waals surface area (Å²) < 4.78 is 2.15. The molecule has 13 heavy (non-hydrogen) atoms. The van der Waals surface area contributed by atoms with E-state index in [0.717, 1.165) is 5.92 Å². The quantitative estimate of drug-likeness (QED) is 0.649. The van der Waals surface area contributed by atoms with Crippen LogP contribution in [0.25, 0.3) is 0 Å². The summed E-state index contributed by atoms with van der Waals surface area (Å²) in [6.07, 6.45) is 9.65. The van der Waals surface area contributed by atoms with Crippen LogP contribution < -0.4 is 0 Å². The average Bonchev–Trinajstić information content (AvgIpc) is 2.51. The van der Waals surface area contributed by atoms with Gasteiger partial charge in [-0.25, -0.2) is 0 Å². The first-order valence-corrected chi connectivity index (χ1v) is 5.39. The molecule has 1 heterocycles. The van der Waals surface area contributed by atoms with Crippen LogP contribution in [-0.2, 0) is 7.05 Å². The Morgan fingerprint density at radius 1 is 1.23 bits per heavy atom. The second kappa shape index (κ2) is 5.11. The molecule has 0 fully saturated rings. The summed E-state index contributed by atoms with van der Waals surface area (Å²) in [6, 6.07) is 2.26. The Morgan fingerprint density at radius 3 is 2.23 bits per heavy atom. The molecule has 1 heteroatoms. The van der Waals surface area contributed by atoms with Gasteiger partial charge < -0.3 is 4.57 Å². The summed E-state index contributed by atoms with van der Waals surface area (Å²) in [7, 11) is 2.10. The standard InChI is InChI=1S/C12H21N/c1-4-6-11(7-5-2)12-8-9-13(3)10-12/h8-11H,4-7H2,1-3H3. The first kappa shape index (κ1) is 10.4. The normalized spacial score (nSPS) is 11.1. The summed E-state index contributed by atoms with van der Waals surface area (Å²) in [5.41, 5.74) is 1.52. The van der Waals surface area contributed by atoms with Crippen molar-refractivity contribution in [3.8, 4) is 0 Å². The lowest BCUT2D eigenvalue weighted by Gasteiger charge is -2.13. The minimum absolute atomic E-state index is 0.788. The number of hydrogen-bond donors (Lipinski definition) is 0. The van der Waals surface area contributed by atoms with Gasteiger partial charge in [0.15, 0.2) is 0 Å². The molecule has 0 bridgehead atoms. The molecular formula is C12H21N. The predicted octanol–water partition coefficient (Wildman–Crippen LogP) is 3.71. The van der Waals surface area contributed by atoms with Crippen molar-refractivity contribution in [1.82, 2.24) is 4.57 Å².